The summed E-state index contributed by atoms with van der Waals surface area (Å²) in [5, 5.41) is 1.36. The summed E-state index contributed by atoms with van der Waals surface area (Å²) in [4.78, 5) is 15.4. The van der Waals surface area contributed by atoms with Gasteiger partial charge in [0.25, 0.3) is 0 Å². The van der Waals surface area contributed by atoms with Gasteiger partial charge in [0.2, 0.25) is 0 Å². The predicted octanol–water partition coefficient (Wildman–Crippen LogP) is 3.33. The fourth-order valence-electron chi connectivity index (χ4n) is 3.03. The van der Waals surface area contributed by atoms with Crippen molar-refractivity contribution >= 4 is 38.6 Å². The van der Waals surface area contributed by atoms with Crippen LogP contribution in [0.2, 0.25) is 5.02 Å². The molecule has 0 aliphatic rings. The van der Waals surface area contributed by atoms with Gasteiger partial charge in [-0.05, 0) is 61.9 Å². The molecule has 2 aromatic carbocycles. The molecular weight excluding hydrogens is 440 g/mol. The second-order valence-electron chi connectivity index (χ2n) is 6.77. The lowest BCUT2D eigenvalue weighted by atomic mass is 10.0. The summed E-state index contributed by atoms with van der Waals surface area (Å²) in [6.45, 7) is 3.71. The first-order valence-electron chi connectivity index (χ1n) is 9.34. The number of hydrogen-bond acceptors (Lipinski definition) is 6. The van der Waals surface area contributed by atoms with Crippen LogP contribution in [0.1, 0.15) is 18.2 Å². The van der Waals surface area contributed by atoms with Gasteiger partial charge in [-0.25, -0.2) is 4.79 Å². The van der Waals surface area contributed by atoms with E-state index >= 15 is 0 Å². The fraction of sp³-hybridized carbons (Fsp3) is 0.227. The van der Waals surface area contributed by atoms with Crippen molar-refractivity contribution in [3.63, 3.8) is 0 Å². The maximum absolute atomic E-state index is 12.5. The lowest BCUT2D eigenvalue weighted by Gasteiger charge is -2.12. The molecule has 0 aliphatic carbocycles. The number of hydrogen-bond donors (Lipinski definition) is 2. The molecule has 1 aromatic heterocycles. The summed E-state index contributed by atoms with van der Waals surface area (Å²) in [5.41, 5.74) is 8.40. The van der Waals surface area contributed by atoms with Crippen molar-refractivity contribution in [3.8, 4) is 17.6 Å². The highest BCUT2D eigenvalue weighted by Gasteiger charge is 2.26. The van der Waals surface area contributed by atoms with Gasteiger partial charge in [0.15, 0.2) is 0 Å². The Morgan fingerprint density at radius 1 is 1.23 bits per heavy atom. The third-order valence-corrected chi connectivity index (χ3v) is 6.07. The molecule has 0 aliphatic heterocycles. The van der Waals surface area contributed by atoms with Crippen LogP contribution in [0.4, 0.5) is 0 Å². The normalized spacial score (nSPS) is 12.1. The first-order chi connectivity index (χ1) is 14.7. The molecule has 162 valence electrons. The average molecular weight is 461 g/mol. The number of nitrogens with two attached hydrogens (primary N) is 1. The van der Waals surface area contributed by atoms with E-state index in [-0.39, 0.29) is 17.9 Å². The predicted molar refractivity (Wildman–Crippen MR) is 118 cm³/mol. The van der Waals surface area contributed by atoms with Gasteiger partial charge >= 0.3 is 16.1 Å². The Kier molecular flexibility index (Phi) is 6.91. The van der Waals surface area contributed by atoms with Crippen LogP contribution >= 0.6 is 11.6 Å². The van der Waals surface area contributed by atoms with Crippen LogP contribution in [0.3, 0.4) is 0 Å². The van der Waals surface area contributed by atoms with E-state index in [2.05, 4.69) is 16.8 Å². The smallest absolute Gasteiger partial charge is 0.341 e. The van der Waals surface area contributed by atoms with Crippen LogP contribution in [-0.2, 0) is 25.5 Å². The second kappa shape index (κ2) is 9.43. The van der Waals surface area contributed by atoms with Gasteiger partial charge in [0.05, 0.1) is 0 Å². The molecule has 9 heteroatoms. The van der Waals surface area contributed by atoms with E-state index in [0.29, 0.717) is 10.8 Å². The Labute approximate surface area is 185 Å². The van der Waals surface area contributed by atoms with E-state index in [0.717, 1.165) is 22.2 Å². The van der Waals surface area contributed by atoms with Crippen molar-refractivity contribution in [1.29, 1.82) is 0 Å². The summed E-state index contributed by atoms with van der Waals surface area (Å²) < 4.78 is 35.0. The number of carbonyl (C=O) groups is 1. The van der Waals surface area contributed by atoms with Crippen LogP contribution in [0.25, 0.3) is 10.9 Å². The molecular formula is C22H21ClN2O5S. The molecule has 3 aromatic rings. The lowest BCUT2D eigenvalue weighted by Crippen LogP contribution is -2.35. The molecule has 0 saturated carbocycles. The number of fused-ring (bicyclic) bond motifs is 1. The summed E-state index contributed by atoms with van der Waals surface area (Å²) in [5.74, 6) is 4.82. The third-order valence-electron chi connectivity index (χ3n) is 4.60. The van der Waals surface area contributed by atoms with Gasteiger partial charge in [0.1, 0.15) is 23.3 Å². The minimum Gasteiger partial charge on any atom is -0.481 e. The first kappa shape index (κ1) is 22.7. The molecule has 0 bridgehead atoms. The molecule has 1 heterocycles. The number of aryl methyl sites for hydroxylation is 1. The van der Waals surface area contributed by atoms with Crippen molar-refractivity contribution in [2.45, 2.75) is 31.2 Å². The standard InChI is InChI=1S/C22H21ClN2O5S/c1-3-4-11-29-16-6-8-17(9-7-16)31(27,28)30-22(26)20(24)13-18-14(2)25-21-10-5-15(23)12-19(18)21/h5-10,12,20,25H,11,13,24H2,1-2H3/t20-/m0/s1. The fourth-order valence-corrected chi connectivity index (χ4v) is 4.11. The zero-order valence-corrected chi connectivity index (χ0v) is 18.5. The number of H-pyrrole nitrogens is 1. The van der Waals surface area contributed by atoms with Crippen LogP contribution in [-0.4, -0.2) is 32.0 Å². The molecule has 0 unspecified atom stereocenters. The van der Waals surface area contributed by atoms with Crippen LogP contribution in [0.5, 0.6) is 5.75 Å². The molecule has 3 N–H and O–H groups in total. The number of rotatable bonds is 7. The highest BCUT2D eigenvalue weighted by molar-refractivity contribution is 7.87. The Morgan fingerprint density at radius 2 is 1.94 bits per heavy atom. The molecule has 3 rings (SSSR count). The zero-order chi connectivity index (χ0) is 22.6. The van der Waals surface area contributed by atoms with Gasteiger partial charge in [-0.15, -0.1) is 5.92 Å². The van der Waals surface area contributed by atoms with E-state index in [1.165, 1.54) is 24.3 Å². The maximum Gasteiger partial charge on any atom is 0.341 e. The van der Waals surface area contributed by atoms with Crippen molar-refractivity contribution in [2.24, 2.45) is 5.73 Å². The van der Waals surface area contributed by atoms with Crippen molar-refractivity contribution in [2.75, 3.05) is 6.61 Å². The quantitative estimate of drug-likeness (QED) is 0.413. The number of carbonyl (C=O) groups excluding carboxylic acids is 1. The van der Waals surface area contributed by atoms with Crippen molar-refractivity contribution < 1.29 is 22.1 Å². The van der Waals surface area contributed by atoms with E-state index in [4.69, 9.17) is 26.3 Å². The molecule has 31 heavy (non-hydrogen) atoms. The van der Waals surface area contributed by atoms with E-state index < -0.39 is 22.1 Å². The molecule has 0 radical (unpaired) electrons. The highest BCUT2D eigenvalue weighted by atomic mass is 35.5. The topological polar surface area (TPSA) is 111 Å². The van der Waals surface area contributed by atoms with Gasteiger partial charge < -0.3 is 19.6 Å². The number of ether oxygens (including phenoxy) is 1. The minimum atomic E-state index is -4.33. The largest absolute Gasteiger partial charge is 0.481 e. The average Bonchev–Trinajstić information content (AvgIpc) is 3.03. The number of halogens is 1. The highest BCUT2D eigenvalue weighted by Crippen LogP contribution is 2.26. The summed E-state index contributed by atoms with van der Waals surface area (Å²) in [6, 6.07) is 9.64. The van der Waals surface area contributed by atoms with E-state index in [9.17, 15) is 13.2 Å². The summed E-state index contributed by atoms with van der Waals surface area (Å²) in [6.07, 6.45) is 0.0891. The Hall–Kier alpha value is -2.99. The van der Waals surface area contributed by atoms with Gasteiger partial charge in [-0.3, -0.25) is 0 Å². The molecule has 0 saturated heterocycles. The molecule has 0 fully saturated rings. The minimum absolute atomic E-state index is 0.0891. The number of aromatic nitrogens is 1. The number of nitrogens with one attached hydrogen (secondary N) is 1. The zero-order valence-electron chi connectivity index (χ0n) is 16.9. The van der Waals surface area contributed by atoms with Gasteiger partial charge in [0, 0.05) is 28.0 Å². The molecule has 7 nitrogen and oxygen atoms in total. The second-order valence-corrected chi connectivity index (χ2v) is 8.76. The van der Waals surface area contributed by atoms with Gasteiger partial charge in [-0.1, -0.05) is 17.5 Å². The first-order valence-corrected chi connectivity index (χ1v) is 11.1. The Morgan fingerprint density at radius 3 is 2.61 bits per heavy atom. The molecule has 1 atom stereocenters. The van der Waals surface area contributed by atoms with Crippen molar-refractivity contribution in [3.05, 3.63) is 58.7 Å². The number of aromatic amines is 1. The third kappa shape index (κ3) is 5.39. The van der Waals surface area contributed by atoms with E-state index in [1.807, 2.05) is 13.0 Å². The summed E-state index contributed by atoms with van der Waals surface area (Å²) in [7, 11) is -4.33. The lowest BCUT2D eigenvalue weighted by molar-refractivity contribution is -0.135. The number of benzene rings is 2. The maximum atomic E-state index is 12.5. The van der Waals surface area contributed by atoms with Crippen LogP contribution in [0.15, 0.2) is 47.4 Å². The van der Waals surface area contributed by atoms with Gasteiger partial charge in [-0.2, -0.15) is 8.42 Å². The van der Waals surface area contributed by atoms with Crippen LogP contribution in [0, 0.1) is 18.8 Å². The Balaban J connectivity index is 1.71. The van der Waals surface area contributed by atoms with E-state index in [1.54, 1.807) is 19.1 Å². The van der Waals surface area contributed by atoms with Crippen LogP contribution < -0.4 is 10.5 Å². The summed E-state index contributed by atoms with van der Waals surface area (Å²) >= 11 is 6.07. The molecule has 0 spiro atoms. The monoisotopic (exact) mass is 460 g/mol. The molecule has 0 amide bonds. The SMILES string of the molecule is CC#CCOc1ccc(S(=O)(=O)OC(=O)[C@@H](N)Cc2c(C)[nH]c3ccc(Cl)cc23)cc1. The Bertz CT molecular complexity index is 1270. The van der Waals surface area contributed by atoms with Crippen molar-refractivity contribution in [1.82, 2.24) is 4.98 Å².